The third-order valence-electron chi connectivity index (χ3n) is 4.60. The largest absolute Gasteiger partial charge is 0.388 e. The summed E-state index contributed by atoms with van der Waals surface area (Å²) in [6, 6.07) is 4.45. The molecule has 3 N–H and O–H groups in total. The molecule has 0 radical (unpaired) electrons. The standard InChI is InChI=1S/C16H23ClFNO/c17-13-10-12(6-7-14(13)18)15(20)16(11-19)8-4-2-1-3-5-9-16/h6-7,10,15,20H,1-5,8-9,11,19H2. The fourth-order valence-electron chi connectivity index (χ4n) is 3.23. The van der Waals surface area contributed by atoms with Crippen LogP contribution in [0.2, 0.25) is 5.02 Å². The van der Waals surface area contributed by atoms with E-state index in [1.165, 1.54) is 31.4 Å². The molecule has 2 nitrogen and oxygen atoms in total. The van der Waals surface area contributed by atoms with E-state index in [9.17, 15) is 9.50 Å². The summed E-state index contributed by atoms with van der Waals surface area (Å²) in [6.07, 6.45) is 6.98. The molecule has 0 aliphatic heterocycles. The maximum atomic E-state index is 13.3. The van der Waals surface area contributed by atoms with E-state index in [0.717, 1.165) is 25.7 Å². The molecular formula is C16H23ClFNO. The fourth-order valence-corrected chi connectivity index (χ4v) is 3.42. The number of aliphatic hydroxyl groups is 1. The Morgan fingerprint density at radius 1 is 1.20 bits per heavy atom. The Hall–Kier alpha value is -0.640. The predicted octanol–water partition coefficient (Wildman–Crippen LogP) is 4.20. The van der Waals surface area contributed by atoms with E-state index >= 15 is 0 Å². The smallest absolute Gasteiger partial charge is 0.141 e. The molecule has 2 rings (SSSR count). The number of benzene rings is 1. The van der Waals surface area contributed by atoms with Crippen molar-refractivity contribution in [3.8, 4) is 0 Å². The minimum Gasteiger partial charge on any atom is -0.388 e. The molecule has 4 heteroatoms. The molecule has 20 heavy (non-hydrogen) atoms. The van der Waals surface area contributed by atoms with E-state index in [1.807, 2.05) is 0 Å². The van der Waals surface area contributed by atoms with Crippen LogP contribution in [-0.2, 0) is 0 Å². The first kappa shape index (κ1) is 15.7. The zero-order chi connectivity index (χ0) is 14.6. The molecule has 112 valence electrons. The van der Waals surface area contributed by atoms with E-state index in [2.05, 4.69) is 0 Å². The molecule has 1 aromatic carbocycles. The van der Waals surface area contributed by atoms with Gasteiger partial charge in [-0.15, -0.1) is 0 Å². The van der Waals surface area contributed by atoms with Gasteiger partial charge in [0, 0.05) is 12.0 Å². The molecule has 0 bridgehead atoms. The van der Waals surface area contributed by atoms with Crippen molar-refractivity contribution in [1.82, 2.24) is 0 Å². The van der Waals surface area contributed by atoms with E-state index in [-0.39, 0.29) is 10.4 Å². The summed E-state index contributed by atoms with van der Waals surface area (Å²) in [4.78, 5) is 0. The number of aliphatic hydroxyl groups excluding tert-OH is 1. The van der Waals surface area contributed by atoms with Gasteiger partial charge in [-0.05, 0) is 30.5 Å². The number of hydrogen-bond donors (Lipinski definition) is 2. The topological polar surface area (TPSA) is 46.2 Å². The maximum absolute atomic E-state index is 13.3. The van der Waals surface area contributed by atoms with Crippen molar-refractivity contribution < 1.29 is 9.50 Å². The lowest BCUT2D eigenvalue weighted by Crippen LogP contribution is -2.37. The van der Waals surface area contributed by atoms with Gasteiger partial charge in [-0.2, -0.15) is 0 Å². The lowest BCUT2D eigenvalue weighted by Gasteiger charge is -2.39. The van der Waals surface area contributed by atoms with Crippen LogP contribution in [-0.4, -0.2) is 11.7 Å². The molecule has 1 unspecified atom stereocenters. The Labute approximate surface area is 125 Å². The van der Waals surface area contributed by atoms with E-state index < -0.39 is 11.9 Å². The zero-order valence-corrected chi connectivity index (χ0v) is 12.5. The van der Waals surface area contributed by atoms with Gasteiger partial charge in [-0.1, -0.05) is 49.8 Å². The normalized spacial score (nSPS) is 21.0. The fraction of sp³-hybridized carbons (Fsp3) is 0.625. The van der Waals surface area contributed by atoms with Crippen molar-refractivity contribution in [2.75, 3.05) is 6.54 Å². The van der Waals surface area contributed by atoms with Gasteiger partial charge in [0.1, 0.15) is 5.82 Å². The van der Waals surface area contributed by atoms with Gasteiger partial charge in [0.2, 0.25) is 0 Å². The Balaban J connectivity index is 2.25. The molecule has 0 saturated heterocycles. The van der Waals surface area contributed by atoms with Crippen molar-refractivity contribution >= 4 is 11.6 Å². The molecule has 0 heterocycles. The minimum absolute atomic E-state index is 0.0552. The molecule has 1 aliphatic rings. The van der Waals surface area contributed by atoms with Crippen LogP contribution < -0.4 is 5.73 Å². The van der Waals surface area contributed by atoms with Gasteiger partial charge >= 0.3 is 0 Å². The Kier molecular flexibility index (Phi) is 5.42. The van der Waals surface area contributed by atoms with Gasteiger partial charge in [0.25, 0.3) is 0 Å². The van der Waals surface area contributed by atoms with Gasteiger partial charge in [0.05, 0.1) is 11.1 Å². The van der Waals surface area contributed by atoms with Crippen LogP contribution in [0.5, 0.6) is 0 Å². The number of halogens is 2. The van der Waals surface area contributed by atoms with Gasteiger partial charge < -0.3 is 10.8 Å². The highest BCUT2D eigenvalue weighted by Gasteiger charge is 2.37. The maximum Gasteiger partial charge on any atom is 0.141 e. The van der Waals surface area contributed by atoms with Crippen molar-refractivity contribution in [2.24, 2.45) is 11.1 Å². The van der Waals surface area contributed by atoms with Crippen LogP contribution in [0.25, 0.3) is 0 Å². The van der Waals surface area contributed by atoms with Crippen LogP contribution in [0.3, 0.4) is 0 Å². The first-order valence-electron chi connectivity index (χ1n) is 7.42. The second-order valence-corrected chi connectivity index (χ2v) is 6.32. The summed E-state index contributed by atoms with van der Waals surface area (Å²) in [6.45, 7) is 0.448. The molecule has 0 spiro atoms. The molecule has 1 fully saturated rings. The SMILES string of the molecule is NCC1(C(O)c2ccc(F)c(Cl)c2)CCCCCCC1. The summed E-state index contributed by atoms with van der Waals surface area (Å²) in [7, 11) is 0. The van der Waals surface area contributed by atoms with Gasteiger partial charge in [-0.3, -0.25) is 0 Å². The quantitative estimate of drug-likeness (QED) is 0.878. The summed E-state index contributed by atoms with van der Waals surface area (Å²) in [5, 5.41) is 10.8. The molecule has 1 atom stereocenters. The monoisotopic (exact) mass is 299 g/mol. The van der Waals surface area contributed by atoms with Crippen molar-refractivity contribution in [2.45, 2.75) is 51.0 Å². The Bertz CT molecular complexity index is 444. The lowest BCUT2D eigenvalue weighted by atomic mass is 9.70. The molecule has 0 aromatic heterocycles. The van der Waals surface area contributed by atoms with Crippen molar-refractivity contribution in [1.29, 1.82) is 0 Å². The summed E-state index contributed by atoms with van der Waals surface area (Å²) >= 11 is 5.83. The lowest BCUT2D eigenvalue weighted by molar-refractivity contribution is 0.00845. The van der Waals surface area contributed by atoms with Crippen LogP contribution in [0.4, 0.5) is 4.39 Å². The summed E-state index contributed by atoms with van der Waals surface area (Å²) in [5.74, 6) is -0.456. The van der Waals surface area contributed by atoms with Crippen molar-refractivity contribution in [3.63, 3.8) is 0 Å². The second kappa shape index (κ2) is 6.88. The van der Waals surface area contributed by atoms with Crippen LogP contribution in [0, 0.1) is 11.2 Å². The highest BCUT2D eigenvalue weighted by molar-refractivity contribution is 6.30. The molecule has 1 aliphatic carbocycles. The van der Waals surface area contributed by atoms with Gasteiger partial charge in [0.15, 0.2) is 0 Å². The van der Waals surface area contributed by atoms with Gasteiger partial charge in [-0.25, -0.2) is 4.39 Å². The third kappa shape index (κ3) is 3.33. The Morgan fingerprint density at radius 3 is 2.35 bits per heavy atom. The highest BCUT2D eigenvalue weighted by Crippen LogP contribution is 2.44. The molecule has 1 aromatic rings. The summed E-state index contributed by atoms with van der Waals surface area (Å²) < 4.78 is 13.3. The minimum atomic E-state index is -0.677. The average Bonchev–Trinajstić information content (AvgIpc) is 2.42. The van der Waals surface area contributed by atoms with Crippen LogP contribution in [0.1, 0.15) is 56.6 Å². The van der Waals surface area contributed by atoms with Crippen LogP contribution >= 0.6 is 11.6 Å². The van der Waals surface area contributed by atoms with Crippen molar-refractivity contribution in [3.05, 3.63) is 34.6 Å². The van der Waals surface area contributed by atoms with E-state index in [1.54, 1.807) is 6.07 Å². The van der Waals surface area contributed by atoms with Crippen LogP contribution in [0.15, 0.2) is 18.2 Å². The highest BCUT2D eigenvalue weighted by atomic mass is 35.5. The molecule has 0 amide bonds. The molecule has 1 saturated carbocycles. The zero-order valence-electron chi connectivity index (χ0n) is 11.7. The number of hydrogen-bond acceptors (Lipinski definition) is 2. The average molecular weight is 300 g/mol. The number of nitrogens with two attached hydrogens (primary N) is 1. The second-order valence-electron chi connectivity index (χ2n) is 5.91. The third-order valence-corrected chi connectivity index (χ3v) is 4.88. The first-order chi connectivity index (χ1) is 9.59. The Morgan fingerprint density at radius 2 is 1.80 bits per heavy atom. The van der Waals surface area contributed by atoms with E-state index in [4.69, 9.17) is 17.3 Å². The summed E-state index contributed by atoms with van der Waals surface area (Å²) in [5.41, 5.74) is 6.36. The predicted molar refractivity (Wildman–Crippen MR) is 80.2 cm³/mol. The first-order valence-corrected chi connectivity index (χ1v) is 7.80. The van der Waals surface area contributed by atoms with E-state index in [0.29, 0.717) is 12.1 Å². The molecular weight excluding hydrogens is 277 g/mol. The number of rotatable bonds is 3.